The lowest BCUT2D eigenvalue weighted by atomic mass is 10.1. The summed E-state index contributed by atoms with van der Waals surface area (Å²) in [5.41, 5.74) is 3.62. The summed E-state index contributed by atoms with van der Waals surface area (Å²) in [5.74, 6) is 0. The Bertz CT molecular complexity index is 709. The number of aryl methyl sites for hydroxylation is 1. The first-order valence-electron chi connectivity index (χ1n) is 8.71. The molecular formula is C20H24ClN3O. The predicted octanol–water partition coefficient (Wildman–Crippen LogP) is 3.72. The van der Waals surface area contributed by atoms with Crippen molar-refractivity contribution in [2.75, 3.05) is 37.6 Å². The summed E-state index contributed by atoms with van der Waals surface area (Å²) in [7, 11) is 0. The number of carbonyl (C=O) groups is 1. The minimum Gasteiger partial charge on any atom is -0.368 e. The van der Waals surface area contributed by atoms with Gasteiger partial charge in [-0.15, -0.1) is 0 Å². The van der Waals surface area contributed by atoms with Crippen molar-refractivity contribution in [1.29, 1.82) is 0 Å². The number of hydrogen-bond acceptors (Lipinski definition) is 2. The molecule has 0 aliphatic carbocycles. The molecule has 4 nitrogen and oxygen atoms in total. The molecule has 0 spiro atoms. The van der Waals surface area contributed by atoms with Crippen molar-refractivity contribution in [2.24, 2.45) is 0 Å². The highest BCUT2D eigenvalue weighted by Gasteiger charge is 2.21. The number of halogens is 1. The zero-order chi connectivity index (χ0) is 17.6. The summed E-state index contributed by atoms with van der Waals surface area (Å²) in [6.45, 7) is 5.84. The van der Waals surface area contributed by atoms with Gasteiger partial charge < -0.3 is 15.1 Å². The minimum absolute atomic E-state index is 0.0258. The van der Waals surface area contributed by atoms with Crippen molar-refractivity contribution in [3.05, 3.63) is 64.7 Å². The highest BCUT2D eigenvalue weighted by atomic mass is 35.5. The van der Waals surface area contributed by atoms with E-state index in [-0.39, 0.29) is 6.03 Å². The van der Waals surface area contributed by atoms with E-state index in [1.807, 2.05) is 23.1 Å². The zero-order valence-corrected chi connectivity index (χ0v) is 15.3. The van der Waals surface area contributed by atoms with Gasteiger partial charge in [-0.1, -0.05) is 47.5 Å². The Labute approximate surface area is 154 Å². The molecule has 1 saturated heterocycles. The van der Waals surface area contributed by atoms with Gasteiger partial charge in [-0.3, -0.25) is 0 Å². The number of rotatable bonds is 4. The van der Waals surface area contributed by atoms with Crippen LogP contribution in [0.25, 0.3) is 0 Å². The van der Waals surface area contributed by atoms with E-state index in [0.717, 1.165) is 43.3 Å². The first-order chi connectivity index (χ1) is 12.1. The number of benzene rings is 2. The molecule has 5 heteroatoms. The molecule has 1 aliphatic rings. The monoisotopic (exact) mass is 357 g/mol. The van der Waals surface area contributed by atoms with Gasteiger partial charge in [-0.25, -0.2) is 4.79 Å². The fourth-order valence-electron chi connectivity index (χ4n) is 3.02. The van der Waals surface area contributed by atoms with Gasteiger partial charge in [0.15, 0.2) is 0 Å². The summed E-state index contributed by atoms with van der Waals surface area (Å²) in [6, 6.07) is 16.3. The van der Waals surface area contributed by atoms with E-state index >= 15 is 0 Å². The van der Waals surface area contributed by atoms with E-state index in [2.05, 4.69) is 47.5 Å². The Kier molecular flexibility index (Phi) is 5.82. The highest BCUT2D eigenvalue weighted by Crippen LogP contribution is 2.20. The number of urea groups is 1. The standard InChI is InChI=1S/C20H24ClN3O/c1-16-5-7-17(8-6-16)9-10-22-20(25)24-13-11-23(12-14-24)19-4-2-3-18(21)15-19/h2-8,15H,9-14H2,1H3,(H,22,25). The first kappa shape index (κ1) is 17.6. The van der Waals surface area contributed by atoms with Crippen LogP contribution in [-0.4, -0.2) is 43.7 Å². The fraction of sp³-hybridized carbons (Fsp3) is 0.350. The molecule has 0 atom stereocenters. The molecule has 2 aromatic carbocycles. The zero-order valence-electron chi connectivity index (χ0n) is 14.5. The third-order valence-electron chi connectivity index (χ3n) is 4.55. The SMILES string of the molecule is Cc1ccc(CCNC(=O)N2CCN(c3cccc(Cl)c3)CC2)cc1. The summed E-state index contributed by atoms with van der Waals surface area (Å²) in [6.07, 6.45) is 0.856. The topological polar surface area (TPSA) is 35.6 Å². The third kappa shape index (κ3) is 4.89. The van der Waals surface area contributed by atoms with Crippen LogP contribution >= 0.6 is 11.6 Å². The fourth-order valence-corrected chi connectivity index (χ4v) is 3.21. The van der Waals surface area contributed by atoms with Crippen LogP contribution < -0.4 is 10.2 Å². The second-order valence-electron chi connectivity index (χ2n) is 6.42. The lowest BCUT2D eigenvalue weighted by Crippen LogP contribution is -2.52. The lowest BCUT2D eigenvalue weighted by molar-refractivity contribution is 0.194. The summed E-state index contributed by atoms with van der Waals surface area (Å²) >= 11 is 6.06. The molecule has 0 aromatic heterocycles. The summed E-state index contributed by atoms with van der Waals surface area (Å²) in [5, 5.41) is 3.77. The molecule has 0 unspecified atom stereocenters. The maximum atomic E-state index is 12.3. The molecule has 0 saturated carbocycles. The molecular weight excluding hydrogens is 334 g/mol. The van der Waals surface area contributed by atoms with Crippen molar-refractivity contribution >= 4 is 23.3 Å². The maximum absolute atomic E-state index is 12.3. The Morgan fingerprint density at radius 1 is 1.08 bits per heavy atom. The Hall–Kier alpha value is -2.20. The van der Waals surface area contributed by atoms with Gasteiger partial charge in [0.05, 0.1) is 0 Å². The molecule has 3 rings (SSSR count). The average molecular weight is 358 g/mol. The number of piperazine rings is 1. The van der Waals surface area contributed by atoms with Crippen LogP contribution in [0.4, 0.5) is 10.5 Å². The van der Waals surface area contributed by atoms with Crippen molar-refractivity contribution in [1.82, 2.24) is 10.2 Å². The smallest absolute Gasteiger partial charge is 0.317 e. The van der Waals surface area contributed by atoms with Crippen LogP contribution in [0.15, 0.2) is 48.5 Å². The van der Waals surface area contributed by atoms with Gasteiger partial charge >= 0.3 is 6.03 Å². The van der Waals surface area contributed by atoms with Gasteiger partial charge in [0.1, 0.15) is 0 Å². The van der Waals surface area contributed by atoms with E-state index in [4.69, 9.17) is 11.6 Å². The average Bonchev–Trinajstić information content (AvgIpc) is 2.63. The van der Waals surface area contributed by atoms with E-state index in [1.54, 1.807) is 0 Å². The molecule has 1 heterocycles. The lowest BCUT2D eigenvalue weighted by Gasteiger charge is -2.36. The van der Waals surface area contributed by atoms with Crippen LogP contribution in [0.2, 0.25) is 5.02 Å². The van der Waals surface area contributed by atoms with E-state index in [0.29, 0.717) is 6.54 Å². The molecule has 1 fully saturated rings. The Morgan fingerprint density at radius 2 is 1.80 bits per heavy atom. The second kappa shape index (κ2) is 8.26. The molecule has 2 amide bonds. The van der Waals surface area contributed by atoms with Crippen LogP contribution in [-0.2, 0) is 6.42 Å². The van der Waals surface area contributed by atoms with Gasteiger partial charge in [0.2, 0.25) is 0 Å². The van der Waals surface area contributed by atoms with E-state index < -0.39 is 0 Å². The third-order valence-corrected chi connectivity index (χ3v) is 4.79. The van der Waals surface area contributed by atoms with Gasteiger partial charge in [-0.2, -0.15) is 0 Å². The summed E-state index contributed by atoms with van der Waals surface area (Å²) < 4.78 is 0. The maximum Gasteiger partial charge on any atom is 0.317 e. The summed E-state index contributed by atoms with van der Waals surface area (Å²) in [4.78, 5) is 16.5. The number of nitrogens with zero attached hydrogens (tertiary/aromatic N) is 2. The van der Waals surface area contributed by atoms with Crippen molar-refractivity contribution < 1.29 is 4.79 Å². The van der Waals surface area contributed by atoms with E-state index in [1.165, 1.54) is 11.1 Å². The molecule has 25 heavy (non-hydrogen) atoms. The molecule has 1 aliphatic heterocycles. The molecule has 0 bridgehead atoms. The Morgan fingerprint density at radius 3 is 2.48 bits per heavy atom. The van der Waals surface area contributed by atoms with Crippen LogP contribution in [0, 0.1) is 6.92 Å². The minimum atomic E-state index is 0.0258. The molecule has 2 aromatic rings. The van der Waals surface area contributed by atoms with Gasteiger partial charge in [0, 0.05) is 43.4 Å². The van der Waals surface area contributed by atoms with Crippen LogP contribution in [0.3, 0.4) is 0 Å². The molecule has 0 radical (unpaired) electrons. The normalized spacial score (nSPS) is 14.5. The van der Waals surface area contributed by atoms with Crippen LogP contribution in [0.1, 0.15) is 11.1 Å². The number of nitrogens with one attached hydrogen (secondary N) is 1. The number of hydrogen-bond donors (Lipinski definition) is 1. The molecule has 132 valence electrons. The van der Waals surface area contributed by atoms with Crippen molar-refractivity contribution in [2.45, 2.75) is 13.3 Å². The number of anilines is 1. The largest absolute Gasteiger partial charge is 0.368 e. The van der Waals surface area contributed by atoms with Crippen molar-refractivity contribution in [3.63, 3.8) is 0 Å². The predicted molar refractivity (Wildman–Crippen MR) is 104 cm³/mol. The first-order valence-corrected chi connectivity index (χ1v) is 9.08. The number of amides is 2. The highest BCUT2D eigenvalue weighted by molar-refractivity contribution is 6.30. The van der Waals surface area contributed by atoms with E-state index in [9.17, 15) is 4.79 Å². The van der Waals surface area contributed by atoms with Crippen LogP contribution in [0.5, 0.6) is 0 Å². The Balaban J connectivity index is 1.43. The second-order valence-corrected chi connectivity index (χ2v) is 6.86. The number of carbonyl (C=O) groups excluding carboxylic acids is 1. The van der Waals surface area contributed by atoms with Crippen molar-refractivity contribution in [3.8, 4) is 0 Å². The molecule has 1 N–H and O–H groups in total. The van der Waals surface area contributed by atoms with Gasteiger partial charge in [0.25, 0.3) is 0 Å². The quantitative estimate of drug-likeness (QED) is 0.905. The van der Waals surface area contributed by atoms with Gasteiger partial charge in [-0.05, 0) is 37.1 Å².